The molecule has 1 atom stereocenters. The van der Waals surface area contributed by atoms with E-state index in [1.165, 1.54) is 19.2 Å². The van der Waals surface area contributed by atoms with E-state index < -0.39 is 35.6 Å². The van der Waals surface area contributed by atoms with Gasteiger partial charge < -0.3 is 24.8 Å². The highest BCUT2D eigenvalue weighted by molar-refractivity contribution is 7.15. The minimum absolute atomic E-state index is 0.0194. The van der Waals surface area contributed by atoms with Gasteiger partial charge in [-0.05, 0) is 38.5 Å². The number of thiophene rings is 1. The molecule has 0 aliphatic rings. The first-order valence-corrected chi connectivity index (χ1v) is 10.6. The molecule has 2 rings (SSSR count). The summed E-state index contributed by atoms with van der Waals surface area (Å²) in [6, 6.07) is 10.8. The number of ether oxygens (including phenoxy) is 3. The van der Waals surface area contributed by atoms with Crippen LogP contribution in [0.4, 0.5) is 4.79 Å². The summed E-state index contributed by atoms with van der Waals surface area (Å²) < 4.78 is 15.1. The van der Waals surface area contributed by atoms with Crippen molar-refractivity contribution in [3.05, 3.63) is 57.8 Å². The van der Waals surface area contributed by atoms with Crippen LogP contribution in [-0.2, 0) is 25.6 Å². The number of carbonyl (C=O) groups excluding carboxylic acids is 4. The van der Waals surface area contributed by atoms with Crippen molar-refractivity contribution in [1.82, 2.24) is 10.6 Å². The molecule has 172 valence electrons. The van der Waals surface area contributed by atoms with Crippen LogP contribution < -0.4 is 10.6 Å². The fraction of sp³-hybridized carbons (Fsp3) is 0.364. The Kier molecular flexibility index (Phi) is 8.77. The lowest BCUT2D eigenvalue weighted by atomic mass is 10.2. The lowest BCUT2D eigenvalue weighted by Gasteiger charge is -2.24. The number of rotatable bonds is 8. The monoisotopic (exact) mass is 462 g/mol. The second-order valence-corrected chi connectivity index (χ2v) is 8.74. The van der Waals surface area contributed by atoms with Gasteiger partial charge in [0.25, 0.3) is 5.91 Å². The maximum absolute atomic E-state index is 12.5. The predicted octanol–water partition coefficient (Wildman–Crippen LogP) is 2.90. The maximum atomic E-state index is 12.5. The van der Waals surface area contributed by atoms with Crippen LogP contribution in [0.2, 0.25) is 0 Å². The Balaban J connectivity index is 2.00. The molecule has 2 N–H and O–H groups in total. The molecule has 2 aromatic rings. The first-order chi connectivity index (χ1) is 15.1. The number of benzene rings is 1. The molecule has 0 aliphatic heterocycles. The summed E-state index contributed by atoms with van der Waals surface area (Å²) in [6.07, 6.45) is -0.830. The summed E-state index contributed by atoms with van der Waals surface area (Å²) in [5.41, 5.74) is -0.0122. The van der Waals surface area contributed by atoms with Crippen LogP contribution in [0.1, 0.15) is 45.7 Å². The zero-order valence-electron chi connectivity index (χ0n) is 18.3. The van der Waals surface area contributed by atoms with Gasteiger partial charge in [0.2, 0.25) is 0 Å². The van der Waals surface area contributed by atoms with E-state index in [2.05, 4.69) is 15.4 Å². The van der Waals surface area contributed by atoms with Gasteiger partial charge in [-0.1, -0.05) is 30.3 Å². The van der Waals surface area contributed by atoms with E-state index in [-0.39, 0.29) is 22.9 Å². The molecule has 0 fully saturated rings. The van der Waals surface area contributed by atoms with E-state index in [9.17, 15) is 19.2 Å². The molecule has 32 heavy (non-hydrogen) atoms. The summed E-state index contributed by atoms with van der Waals surface area (Å²) in [6.45, 7) is 4.85. The molecule has 1 aromatic carbocycles. The summed E-state index contributed by atoms with van der Waals surface area (Å²) in [5.74, 6) is -1.79. The molecular weight excluding hydrogens is 436 g/mol. The summed E-state index contributed by atoms with van der Waals surface area (Å²) >= 11 is 0.949. The summed E-state index contributed by atoms with van der Waals surface area (Å²) in [5, 5.41) is 4.99. The molecule has 0 spiro atoms. The highest BCUT2D eigenvalue weighted by Crippen LogP contribution is 2.17. The van der Waals surface area contributed by atoms with Crippen LogP contribution in [0, 0.1) is 0 Å². The Hall–Kier alpha value is -3.40. The first-order valence-electron chi connectivity index (χ1n) is 9.75. The second-order valence-electron chi connectivity index (χ2n) is 7.66. The number of hydrogen-bond acceptors (Lipinski definition) is 8. The fourth-order valence-corrected chi connectivity index (χ4v) is 3.27. The van der Waals surface area contributed by atoms with Crippen molar-refractivity contribution in [2.45, 2.75) is 39.0 Å². The number of nitrogens with one attached hydrogen (secondary N) is 2. The molecule has 0 unspecified atom stereocenters. The van der Waals surface area contributed by atoms with Gasteiger partial charge in [-0.2, -0.15) is 0 Å². The van der Waals surface area contributed by atoms with Crippen LogP contribution in [-0.4, -0.2) is 49.2 Å². The SMILES string of the molecule is COC(=O)c1ccc(C(=O)NC[C@H](NC(=O)OCc2ccccc2)C(=O)OC(C)(C)C)s1. The average Bonchev–Trinajstić information content (AvgIpc) is 3.24. The van der Waals surface area contributed by atoms with Crippen LogP contribution in [0.5, 0.6) is 0 Å². The Bertz CT molecular complexity index is 951. The van der Waals surface area contributed by atoms with Crippen molar-refractivity contribution in [3.63, 3.8) is 0 Å². The number of amides is 2. The molecule has 0 aliphatic carbocycles. The van der Waals surface area contributed by atoms with Crippen molar-refractivity contribution >= 4 is 35.3 Å². The highest BCUT2D eigenvalue weighted by atomic mass is 32.1. The van der Waals surface area contributed by atoms with Crippen LogP contribution in [0.3, 0.4) is 0 Å². The molecule has 1 aromatic heterocycles. The Morgan fingerprint density at radius 1 is 1.00 bits per heavy atom. The van der Waals surface area contributed by atoms with Gasteiger partial charge >= 0.3 is 18.0 Å². The quantitative estimate of drug-likeness (QED) is 0.457. The van der Waals surface area contributed by atoms with E-state index >= 15 is 0 Å². The molecular formula is C22H26N2O7S. The maximum Gasteiger partial charge on any atom is 0.408 e. The third kappa shape index (κ3) is 8.03. The van der Waals surface area contributed by atoms with Gasteiger partial charge in [-0.3, -0.25) is 4.79 Å². The number of methoxy groups -OCH3 is 1. The van der Waals surface area contributed by atoms with Crippen molar-refractivity contribution in [2.75, 3.05) is 13.7 Å². The minimum atomic E-state index is -1.18. The molecule has 0 saturated heterocycles. The molecule has 1 heterocycles. The van der Waals surface area contributed by atoms with Crippen molar-refractivity contribution in [1.29, 1.82) is 0 Å². The van der Waals surface area contributed by atoms with Gasteiger partial charge in [0.15, 0.2) is 0 Å². The van der Waals surface area contributed by atoms with E-state index in [0.29, 0.717) is 0 Å². The predicted molar refractivity (Wildman–Crippen MR) is 117 cm³/mol. The van der Waals surface area contributed by atoms with Gasteiger partial charge in [-0.25, -0.2) is 14.4 Å². The second kappa shape index (κ2) is 11.3. The topological polar surface area (TPSA) is 120 Å². The lowest BCUT2D eigenvalue weighted by Crippen LogP contribution is -2.50. The Morgan fingerprint density at radius 3 is 2.28 bits per heavy atom. The van der Waals surface area contributed by atoms with E-state index in [0.717, 1.165) is 16.9 Å². The van der Waals surface area contributed by atoms with Crippen molar-refractivity contribution in [2.24, 2.45) is 0 Å². The van der Waals surface area contributed by atoms with Crippen molar-refractivity contribution in [3.8, 4) is 0 Å². The molecule has 0 bridgehead atoms. The zero-order valence-corrected chi connectivity index (χ0v) is 19.1. The third-order valence-electron chi connectivity index (χ3n) is 3.88. The molecule has 0 radical (unpaired) electrons. The van der Waals surface area contributed by atoms with E-state index in [4.69, 9.17) is 9.47 Å². The average molecular weight is 463 g/mol. The van der Waals surface area contributed by atoms with Gasteiger partial charge in [0, 0.05) is 6.54 Å². The van der Waals surface area contributed by atoms with E-state index in [1.807, 2.05) is 18.2 Å². The van der Waals surface area contributed by atoms with Gasteiger partial charge in [0.1, 0.15) is 23.1 Å². The standard InChI is InChI=1S/C22H26N2O7S/c1-22(2,3)31-19(26)15(24-21(28)30-13-14-8-6-5-7-9-14)12-23-18(25)16-10-11-17(32-16)20(27)29-4/h5-11,15H,12-13H2,1-4H3,(H,23,25)(H,24,28)/t15-/m0/s1. The first kappa shape index (κ1) is 24.9. The number of hydrogen-bond donors (Lipinski definition) is 2. The van der Waals surface area contributed by atoms with Gasteiger partial charge in [0.05, 0.1) is 12.0 Å². The van der Waals surface area contributed by atoms with Crippen LogP contribution in [0.15, 0.2) is 42.5 Å². The normalized spacial score (nSPS) is 11.8. The number of alkyl carbamates (subject to hydrolysis) is 1. The Labute approximate surface area is 190 Å². The third-order valence-corrected chi connectivity index (χ3v) is 4.94. The molecule has 9 nitrogen and oxygen atoms in total. The number of carbonyl (C=O) groups is 4. The molecule has 2 amide bonds. The number of esters is 2. The smallest absolute Gasteiger partial charge is 0.408 e. The highest BCUT2D eigenvalue weighted by Gasteiger charge is 2.28. The van der Waals surface area contributed by atoms with Crippen molar-refractivity contribution < 1.29 is 33.4 Å². The van der Waals surface area contributed by atoms with Crippen LogP contribution >= 0.6 is 11.3 Å². The molecule has 0 saturated carbocycles. The fourth-order valence-electron chi connectivity index (χ4n) is 2.43. The lowest BCUT2D eigenvalue weighted by molar-refractivity contribution is -0.157. The van der Waals surface area contributed by atoms with Gasteiger partial charge in [-0.15, -0.1) is 11.3 Å². The summed E-state index contributed by atoms with van der Waals surface area (Å²) in [4.78, 5) is 49.3. The minimum Gasteiger partial charge on any atom is -0.465 e. The Morgan fingerprint density at radius 2 is 1.66 bits per heavy atom. The zero-order chi connectivity index (χ0) is 23.7. The summed E-state index contributed by atoms with van der Waals surface area (Å²) in [7, 11) is 1.25. The largest absolute Gasteiger partial charge is 0.465 e. The van der Waals surface area contributed by atoms with E-state index in [1.54, 1.807) is 32.9 Å². The molecule has 10 heteroatoms. The van der Waals surface area contributed by atoms with Crippen LogP contribution in [0.25, 0.3) is 0 Å².